The van der Waals surface area contributed by atoms with Crippen molar-refractivity contribution < 1.29 is 0 Å². The second-order valence-electron chi connectivity index (χ2n) is 8.82. The first-order valence-electron chi connectivity index (χ1n) is 10.1. The molecular weight excluding hydrogens is 428 g/mol. The van der Waals surface area contributed by atoms with Crippen molar-refractivity contribution in [2.75, 3.05) is 5.32 Å². The molecule has 0 aromatic heterocycles. The van der Waals surface area contributed by atoms with Gasteiger partial charge in [-0.25, -0.2) is 0 Å². The van der Waals surface area contributed by atoms with Gasteiger partial charge in [-0.05, 0) is 64.1 Å². The summed E-state index contributed by atoms with van der Waals surface area (Å²) in [5.41, 5.74) is 4.65. The first kappa shape index (κ1) is 23.1. The maximum Gasteiger partial charge on any atom is 0.0768 e. The lowest BCUT2D eigenvalue weighted by Crippen LogP contribution is -2.17. The smallest absolute Gasteiger partial charge is 0.0768 e. The van der Waals surface area contributed by atoms with Gasteiger partial charge in [-0.3, -0.25) is 4.99 Å². The van der Waals surface area contributed by atoms with Gasteiger partial charge in [0.05, 0.1) is 11.4 Å². The van der Waals surface area contributed by atoms with Gasteiger partial charge in [-0.1, -0.05) is 30.3 Å². The Kier molecular flexibility index (Phi) is 7.11. The molecule has 0 aliphatic carbocycles. The van der Waals surface area contributed by atoms with Gasteiger partial charge in [0.1, 0.15) is 0 Å². The Morgan fingerprint density at radius 2 is 1.50 bits per heavy atom. The number of allylic oxidation sites excluding steroid dienone is 4. The minimum Gasteiger partial charge on any atom is -0.358 e. The molecule has 2 nitrogen and oxygen atoms in total. The van der Waals surface area contributed by atoms with Gasteiger partial charge in [0.25, 0.3) is 0 Å². The van der Waals surface area contributed by atoms with E-state index in [4.69, 9.17) is 4.99 Å². The highest BCUT2D eigenvalue weighted by Gasteiger charge is 2.27. The average molecular weight is 457 g/mol. The summed E-state index contributed by atoms with van der Waals surface area (Å²) in [6, 6.07) is 17.0. The Balaban J connectivity index is 0.00000256. The molecule has 2 aromatic carbocycles. The normalized spacial score (nSPS) is 20.8. The van der Waals surface area contributed by atoms with Crippen LogP contribution in [0.4, 0.5) is 11.4 Å². The minimum absolute atomic E-state index is 0. The fraction of sp³-hybridized carbons (Fsp3) is 0.320. The van der Waals surface area contributed by atoms with Crippen LogP contribution in [0.5, 0.6) is 0 Å². The van der Waals surface area contributed by atoms with Gasteiger partial charge < -0.3 is 5.32 Å². The lowest BCUT2D eigenvalue weighted by atomic mass is 10.0. The third-order valence-corrected chi connectivity index (χ3v) is 7.43. The van der Waals surface area contributed by atoms with E-state index in [0.717, 1.165) is 24.2 Å². The highest BCUT2D eigenvalue weighted by atomic mass is 35.5. The minimum atomic E-state index is 0. The number of rotatable bonds is 2. The molecular formula is C25H29ClN2S2. The van der Waals surface area contributed by atoms with E-state index < -0.39 is 0 Å². The second-order valence-corrected chi connectivity index (χ2v) is 12.3. The summed E-state index contributed by atoms with van der Waals surface area (Å²) in [4.78, 5) is 7.53. The van der Waals surface area contributed by atoms with Gasteiger partial charge in [0.15, 0.2) is 0 Å². The van der Waals surface area contributed by atoms with Crippen LogP contribution in [0.2, 0.25) is 0 Å². The van der Waals surface area contributed by atoms with Crippen molar-refractivity contribution in [2.24, 2.45) is 4.99 Å². The number of nitrogens with one attached hydrogen (secondary N) is 1. The summed E-state index contributed by atoms with van der Waals surface area (Å²) in [7, 11) is 0. The van der Waals surface area contributed by atoms with Crippen LogP contribution in [0.1, 0.15) is 40.5 Å². The van der Waals surface area contributed by atoms with Crippen LogP contribution in [0.25, 0.3) is 0 Å². The van der Waals surface area contributed by atoms with Crippen molar-refractivity contribution in [3.05, 3.63) is 72.5 Å². The molecule has 2 aliphatic heterocycles. The van der Waals surface area contributed by atoms with Crippen molar-refractivity contribution in [3.8, 4) is 0 Å². The standard InChI is InChI=1S/C25H28N2S2.ClH/c1-24(2)16-18(26-20-12-5-7-14-22(20)28-24)10-9-11-19-17-25(3,4)29-23-15-8-6-13-21(23)27-19;/h5-15,26H,16-17H2,1-4H3;1H. The number of hydrogen-bond donors (Lipinski definition) is 1. The number of fused-ring (bicyclic) bond motifs is 2. The summed E-state index contributed by atoms with van der Waals surface area (Å²) in [6.07, 6.45) is 8.49. The summed E-state index contributed by atoms with van der Waals surface area (Å²) in [5.74, 6) is 0. The zero-order chi connectivity index (χ0) is 20.5. The van der Waals surface area contributed by atoms with E-state index in [0.29, 0.717) is 0 Å². The Hall–Kier alpha value is -1.62. The summed E-state index contributed by atoms with van der Waals surface area (Å²) >= 11 is 3.86. The number of aliphatic imine (C=N–C) groups is 1. The molecule has 2 heterocycles. The molecule has 1 N–H and O–H groups in total. The van der Waals surface area contributed by atoms with Gasteiger partial charge in [-0.2, -0.15) is 0 Å². The van der Waals surface area contributed by atoms with Gasteiger partial charge in [0.2, 0.25) is 0 Å². The van der Waals surface area contributed by atoms with E-state index in [1.165, 1.54) is 21.2 Å². The lowest BCUT2D eigenvalue weighted by Gasteiger charge is -2.22. The molecule has 30 heavy (non-hydrogen) atoms. The molecule has 2 aliphatic rings. The maximum absolute atomic E-state index is 4.96. The molecule has 158 valence electrons. The molecule has 4 rings (SSSR count). The third-order valence-electron chi connectivity index (χ3n) is 4.89. The number of benzene rings is 2. The molecule has 0 bridgehead atoms. The quantitative estimate of drug-likeness (QED) is 0.491. The number of hydrogen-bond acceptors (Lipinski definition) is 4. The molecule has 0 saturated carbocycles. The Bertz CT molecular complexity index is 1010. The Morgan fingerprint density at radius 1 is 0.867 bits per heavy atom. The molecule has 0 radical (unpaired) electrons. The predicted molar refractivity (Wildman–Crippen MR) is 137 cm³/mol. The first-order chi connectivity index (χ1) is 13.8. The van der Waals surface area contributed by atoms with E-state index in [1.807, 2.05) is 23.5 Å². The van der Waals surface area contributed by atoms with Gasteiger partial charge >= 0.3 is 0 Å². The summed E-state index contributed by atoms with van der Waals surface area (Å²) in [5, 5.41) is 3.64. The van der Waals surface area contributed by atoms with Crippen molar-refractivity contribution in [1.29, 1.82) is 0 Å². The first-order valence-corrected chi connectivity index (χ1v) is 11.7. The largest absolute Gasteiger partial charge is 0.358 e. The molecule has 0 spiro atoms. The van der Waals surface area contributed by atoms with Gasteiger partial charge in [-0.15, -0.1) is 35.9 Å². The monoisotopic (exact) mass is 456 g/mol. The summed E-state index contributed by atoms with van der Waals surface area (Å²) < 4.78 is 0.276. The molecule has 0 saturated heterocycles. The number of anilines is 1. The number of nitrogens with zero attached hydrogens (tertiary/aromatic N) is 1. The van der Waals surface area contributed by atoms with Crippen molar-refractivity contribution in [2.45, 2.75) is 59.8 Å². The molecule has 5 heteroatoms. The fourth-order valence-electron chi connectivity index (χ4n) is 3.74. The van der Waals surface area contributed by atoms with Gasteiger partial charge in [0, 0.05) is 43.5 Å². The highest BCUT2D eigenvalue weighted by Crippen LogP contribution is 2.44. The maximum atomic E-state index is 4.96. The molecule has 0 amide bonds. The Morgan fingerprint density at radius 3 is 2.30 bits per heavy atom. The fourth-order valence-corrected chi connectivity index (χ4v) is 6.12. The van der Waals surface area contributed by atoms with Crippen LogP contribution in [0.15, 0.2) is 87.2 Å². The SMILES string of the molecule is CC1(C)CC(C=CC=C2CC(C)(C)Sc3ccccc3N2)=Nc2ccccc2S1.Cl. The predicted octanol–water partition coefficient (Wildman–Crippen LogP) is 8.28. The average Bonchev–Trinajstić information content (AvgIpc) is 2.85. The molecule has 0 unspecified atom stereocenters. The number of thioether (sulfide) groups is 2. The van der Waals surface area contributed by atoms with E-state index in [2.05, 4.69) is 99.8 Å². The van der Waals surface area contributed by atoms with Crippen molar-refractivity contribution >= 4 is 53.0 Å². The van der Waals surface area contributed by atoms with Crippen molar-refractivity contribution in [1.82, 2.24) is 0 Å². The van der Waals surface area contributed by atoms with E-state index in [-0.39, 0.29) is 21.9 Å². The zero-order valence-corrected chi connectivity index (χ0v) is 20.4. The van der Waals surface area contributed by atoms with E-state index in [1.54, 1.807) is 0 Å². The van der Waals surface area contributed by atoms with E-state index >= 15 is 0 Å². The van der Waals surface area contributed by atoms with Crippen LogP contribution >= 0.6 is 35.9 Å². The van der Waals surface area contributed by atoms with Crippen LogP contribution in [0.3, 0.4) is 0 Å². The zero-order valence-electron chi connectivity index (χ0n) is 17.9. The van der Waals surface area contributed by atoms with E-state index in [9.17, 15) is 0 Å². The van der Waals surface area contributed by atoms with Crippen molar-refractivity contribution in [3.63, 3.8) is 0 Å². The number of para-hydroxylation sites is 2. The van der Waals surface area contributed by atoms with Crippen LogP contribution in [-0.4, -0.2) is 15.2 Å². The third kappa shape index (κ3) is 5.75. The molecule has 0 fully saturated rings. The lowest BCUT2D eigenvalue weighted by molar-refractivity contribution is 0.708. The topological polar surface area (TPSA) is 24.4 Å². The van der Waals surface area contributed by atoms with Crippen LogP contribution in [0, 0.1) is 0 Å². The summed E-state index contributed by atoms with van der Waals surface area (Å²) in [6.45, 7) is 9.21. The van der Waals surface area contributed by atoms with Crippen LogP contribution in [-0.2, 0) is 0 Å². The highest BCUT2D eigenvalue weighted by molar-refractivity contribution is 8.01. The second kappa shape index (κ2) is 9.25. The molecule has 0 atom stereocenters. The molecule has 2 aromatic rings. The van der Waals surface area contributed by atoms with Crippen LogP contribution < -0.4 is 5.32 Å². The number of halogens is 1. The Labute approximate surface area is 195 Å².